The van der Waals surface area contributed by atoms with Crippen molar-refractivity contribution in [1.29, 1.82) is 0 Å². The first-order valence-electron chi connectivity index (χ1n) is 7.74. The van der Waals surface area contributed by atoms with E-state index in [9.17, 15) is 0 Å². The van der Waals surface area contributed by atoms with Gasteiger partial charge in [-0.05, 0) is 45.1 Å². The number of aromatic nitrogens is 2. The number of nitrogens with zero attached hydrogens (tertiary/aromatic N) is 2. The lowest BCUT2D eigenvalue weighted by molar-refractivity contribution is -0.0106. The Morgan fingerprint density at radius 3 is 2.75 bits per heavy atom. The van der Waals surface area contributed by atoms with Crippen LogP contribution in [0.1, 0.15) is 58.2 Å². The maximum atomic E-state index is 5.52. The fourth-order valence-electron chi connectivity index (χ4n) is 2.37. The number of rotatable bonds is 9. The molecule has 114 valence electrons. The van der Waals surface area contributed by atoms with E-state index >= 15 is 0 Å². The second kappa shape index (κ2) is 6.68. The van der Waals surface area contributed by atoms with E-state index in [1.54, 1.807) is 7.11 Å². The normalized spacial score (nSPS) is 19.8. The molecule has 2 unspecified atom stereocenters. The summed E-state index contributed by atoms with van der Waals surface area (Å²) in [4.78, 5) is 4.54. The molecule has 1 aliphatic carbocycles. The van der Waals surface area contributed by atoms with Crippen LogP contribution in [-0.2, 0) is 16.8 Å². The summed E-state index contributed by atoms with van der Waals surface area (Å²) in [5, 5.41) is 7.70. The number of hydrogen-bond acceptors (Lipinski definition) is 5. The second-order valence-corrected chi connectivity index (χ2v) is 5.90. The van der Waals surface area contributed by atoms with Gasteiger partial charge in [-0.2, -0.15) is 4.98 Å². The molecular formula is C15H27N3O2. The van der Waals surface area contributed by atoms with Crippen molar-refractivity contribution in [3.63, 3.8) is 0 Å². The maximum Gasteiger partial charge on any atom is 0.228 e. The van der Waals surface area contributed by atoms with Gasteiger partial charge >= 0.3 is 0 Å². The molecule has 1 heterocycles. The third-order valence-electron chi connectivity index (χ3n) is 4.31. The minimum absolute atomic E-state index is 0.451. The van der Waals surface area contributed by atoms with Gasteiger partial charge in [0.05, 0.1) is 0 Å². The highest BCUT2D eigenvalue weighted by Crippen LogP contribution is 2.34. The predicted octanol–water partition coefficient (Wildman–Crippen LogP) is 2.66. The molecule has 0 saturated heterocycles. The van der Waals surface area contributed by atoms with Crippen LogP contribution in [0.15, 0.2) is 4.52 Å². The van der Waals surface area contributed by atoms with E-state index in [0.717, 1.165) is 37.6 Å². The SMILES string of the molecule is CCCNC(Cc1nc(C(C)(CC)OC)no1)C1CC1. The van der Waals surface area contributed by atoms with E-state index in [1.165, 1.54) is 12.8 Å². The molecule has 1 N–H and O–H groups in total. The molecule has 1 aromatic rings. The van der Waals surface area contributed by atoms with Crippen LogP contribution in [0.25, 0.3) is 0 Å². The molecule has 0 bridgehead atoms. The second-order valence-electron chi connectivity index (χ2n) is 5.90. The highest BCUT2D eigenvalue weighted by Gasteiger charge is 2.34. The summed E-state index contributed by atoms with van der Waals surface area (Å²) in [5.41, 5.74) is -0.451. The number of methoxy groups -OCH3 is 1. The molecule has 5 nitrogen and oxygen atoms in total. The quantitative estimate of drug-likeness (QED) is 0.754. The van der Waals surface area contributed by atoms with Gasteiger partial charge in [0.15, 0.2) is 0 Å². The first-order valence-corrected chi connectivity index (χ1v) is 7.74. The van der Waals surface area contributed by atoms with E-state index in [0.29, 0.717) is 11.9 Å². The van der Waals surface area contributed by atoms with E-state index in [-0.39, 0.29) is 0 Å². The lowest BCUT2D eigenvalue weighted by atomic mass is 10.0. The Balaban J connectivity index is 2.00. The summed E-state index contributed by atoms with van der Waals surface area (Å²) in [6.07, 6.45) is 5.42. The molecule has 2 atom stereocenters. The predicted molar refractivity (Wildman–Crippen MR) is 77.5 cm³/mol. The van der Waals surface area contributed by atoms with Gasteiger partial charge < -0.3 is 14.6 Å². The third kappa shape index (κ3) is 3.58. The van der Waals surface area contributed by atoms with E-state index in [2.05, 4.69) is 29.3 Å². The molecule has 20 heavy (non-hydrogen) atoms. The van der Waals surface area contributed by atoms with Crippen molar-refractivity contribution in [3.05, 3.63) is 11.7 Å². The summed E-state index contributed by atoms with van der Waals surface area (Å²) < 4.78 is 10.9. The fourth-order valence-corrected chi connectivity index (χ4v) is 2.37. The average molecular weight is 281 g/mol. The molecule has 1 aromatic heterocycles. The van der Waals surface area contributed by atoms with Crippen LogP contribution in [0.2, 0.25) is 0 Å². The van der Waals surface area contributed by atoms with Crippen LogP contribution in [0.5, 0.6) is 0 Å². The van der Waals surface area contributed by atoms with Crippen LogP contribution >= 0.6 is 0 Å². The van der Waals surface area contributed by atoms with Crippen LogP contribution < -0.4 is 5.32 Å². The monoisotopic (exact) mass is 281 g/mol. The van der Waals surface area contributed by atoms with Gasteiger partial charge in [0.2, 0.25) is 11.7 Å². The van der Waals surface area contributed by atoms with Crippen LogP contribution in [0, 0.1) is 5.92 Å². The first-order chi connectivity index (χ1) is 9.62. The van der Waals surface area contributed by atoms with Crippen molar-refractivity contribution in [2.45, 2.75) is 64.5 Å². The topological polar surface area (TPSA) is 60.2 Å². The largest absolute Gasteiger partial charge is 0.370 e. The van der Waals surface area contributed by atoms with Crippen molar-refractivity contribution < 1.29 is 9.26 Å². The molecule has 1 aliphatic rings. The minimum Gasteiger partial charge on any atom is -0.370 e. The molecule has 1 saturated carbocycles. The molecule has 0 spiro atoms. The standard InChI is InChI=1S/C15H27N3O2/c1-5-9-16-12(11-7-8-11)10-13-17-14(18-20-13)15(3,6-2)19-4/h11-12,16H,5-10H2,1-4H3. The summed E-state index contributed by atoms with van der Waals surface area (Å²) in [6.45, 7) is 7.30. The van der Waals surface area contributed by atoms with Crippen molar-refractivity contribution >= 4 is 0 Å². The fraction of sp³-hybridized carbons (Fsp3) is 0.867. The number of hydrogen-bond donors (Lipinski definition) is 1. The Kier molecular flexibility index (Phi) is 5.16. The van der Waals surface area contributed by atoms with Gasteiger partial charge in [0.1, 0.15) is 5.60 Å². The molecule has 5 heteroatoms. The molecule has 0 aliphatic heterocycles. The lowest BCUT2D eigenvalue weighted by Crippen LogP contribution is -2.34. The summed E-state index contributed by atoms with van der Waals surface area (Å²) in [5.74, 6) is 2.15. The van der Waals surface area contributed by atoms with Crippen molar-refractivity contribution in [1.82, 2.24) is 15.5 Å². The van der Waals surface area contributed by atoms with E-state index in [1.807, 2.05) is 6.92 Å². The Labute approximate surface area is 121 Å². The molecular weight excluding hydrogens is 254 g/mol. The summed E-state index contributed by atoms with van der Waals surface area (Å²) >= 11 is 0. The molecule has 0 amide bonds. The van der Waals surface area contributed by atoms with Crippen molar-refractivity contribution in [2.75, 3.05) is 13.7 Å². The van der Waals surface area contributed by atoms with Gasteiger partial charge in [-0.15, -0.1) is 0 Å². The zero-order valence-corrected chi connectivity index (χ0v) is 13.1. The summed E-state index contributed by atoms with van der Waals surface area (Å²) in [6, 6.07) is 0.471. The summed E-state index contributed by atoms with van der Waals surface area (Å²) in [7, 11) is 1.69. The van der Waals surface area contributed by atoms with Gasteiger partial charge in [0, 0.05) is 19.6 Å². The van der Waals surface area contributed by atoms with Crippen molar-refractivity contribution in [3.8, 4) is 0 Å². The molecule has 0 radical (unpaired) electrons. The Morgan fingerprint density at radius 2 is 2.20 bits per heavy atom. The zero-order valence-electron chi connectivity index (χ0n) is 13.1. The number of ether oxygens (including phenoxy) is 1. The van der Waals surface area contributed by atoms with Gasteiger partial charge in [-0.3, -0.25) is 0 Å². The van der Waals surface area contributed by atoms with Gasteiger partial charge in [-0.1, -0.05) is 19.0 Å². The Bertz CT molecular complexity index is 411. The highest BCUT2D eigenvalue weighted by molar-refractivity contribution is 5.01. The Hall–Kier alpha value is -0.940. The average Bonchev–Trinajstić information content (AvgIpc) is 3.21. The Morgan fingerprint density at radius 1 is 1.45 bits per heavy atom. The van der Waals surface area contributed by atoms with E-state index in [4.69, 9.17) is 9.26 Å². The van der Waals surface area contributed by atoms with Crippen LogP contribution in [0.4, 0.5) is 0 Å². The molecule has 2 rings (SSSR count). The molecule has 1 fully saturated rings. The molecule has 0 aromatic carbocycles. The van der Waals surface area contributed by atoms with Crippen LogP contribution in [0.3, 0.4) is 0 Å². The van der Waals surface area contributed by atoms with E-state index < -0.39 is 5.60 Å². The third-order valence-corrected chi connectivity index (χ3v) is 4.31. The maximum absolute atomic E-state index is 5.52. The van der Waals surface area contributed by atoms with Crippen molar-refractivity contribution in [2.24, 2.45) is 5.92 Å². The number of nitrogens with one attached hydrogen (secondary N) is 1. The smallest absolute Gasteiger partial charge is 0.228 e. The van der Waals surface area contributed by atoms with Gasteiger partial charge in [-0.25, -0.2) is 0 Å². The van der Waals surface area contributed by atoms with Crippen LogP contribution in [-0.4, -0.2) is 29.8 Å². The first kappa shape index (κ1) is 15.4. The minimum atomic E-state index is -0.451. The highest BCUT2D eigenvalue weighted by atomic mass is 16.5. The van der Waals surface area contributed by atoms with Gasteiger partial charge in [0.25, 0.3) is 0 Å². The zero-order chi connectivity index (χ0) is 14.6. The lowest BCUT2D eigenvalue weighted by Gasteiger charge is -2.21.